The lowest BCUT2D eigenvalue weighted by molar-refractivity contribution is 0.144. The van der Waals surface area contributed by atoms with Crippen LogP contribution in [0.4, 0.5) is 0 Å². The maximum absolute atomic E-state index is 6.15. The molecule has 2 rings (SSSR count). The van der Waals surface area contributed by atoms with Crippen LogP contribution in [0.1, 0.15) is 36.3 Å². The highest BCUT2D eigenvalue weighted by Crippen LogP contribution is 2.27. The van der Waals surface area contributed by atoms with Crippen LogP contribution in [-0.4, -0.2) is 6.04 Å². The lowest BCUT2D eigenvalue weighted by Crippen LogP contribution is -2.31. The van der Waals surface area contributed by atoms with E-state index in [2.05, 4.69) is 19.9 Å². The topological polar surface area (TPSA) is 48.4 Å². The van der Waals surface area contributed by atoms with Gasteiger partial charge in [0.1, 0.15) is 11.5 Å². The van der Waals surface area contributed by atoms with Gasteiger partial charge >= 0.3 is 0 Å². The summed E-state index contributed by atoms with van der Waals surface area (Å²) in [5.74, 6) is 1.61. The highest BCUT2D eigenvalue weighted by molar-refractivity contribution is 5.33. The van der Waals surface area contributed by atoms with Crippen molar-refractivity contribution in [1.82, 2.24) is 0 Å². The SMILES string of the molecule is CCC(N)C(Oc1cc(C)cc(C)c1)c1ccco1. The van der Waals surface area contributed by atoms with Gasteiger partial charge < -0.3 is 14.9 Å². The zero-order valence-corrected chi connectivity index (χ0v) is 11.7. The van der Waals surface area contributed by atoms with Gasteiger partial charge in [0.2, 0.25) is 0 Å². The maximum Gasteiger partial charge on any atom is 0.171 e. The Bertz CT molecular complexity index is 499. The smallest absolute Gasteiger partial charge is 0.171 e. The summed E-state index contributed by atoms with van der Waals surface area (Å²) in [6.07, 6.45) is 2.23. The van der Waals surface area contributed by atoms with Crippen LogP contribution >= 0.6 is 0 Å². The van der Waals surface area contributed by atoms with E-state index >= 15 is 0 Å². The summed E-state index contributed by atoms with van der Waals surface area (Å²) in [5.41, 5.74) is 8.51. The van der Waals surface area contributed by atoms with Crippen molar-refractivity contribution in [3.63, 3.8) is 0 Å². The molecule has 0 bridgehead atoms. The maximum atomic E-state index is 6.15. The molecule has 19 heavy (non-hydrogen) atoms. The predicted octanol–water partition coefficient (Wildman–Crippen LogP) is 3.75. The Morgan fingerprint density at radius 2 is 1.89 bits per heavy atom. The van der Waals surface area contributed by atoms with E-state index in [1.165, 1.54) is 11.1 Å². The average Bonchev–Trinajstić information content (AvgIpc) is 2.87. The second-order valence-electron chi connectivity index (χ2n) is 4.95. The molecule has 2 atom stereocenters. The number of ether oxygens (including phenoxy) is 1. The average molecular weight is 259 g/mol. The van der Waals surface area contributed by atoms with E-state index < -0.39 is 0 Å². The van der Waals surface area contributed by atoms with E-state index in [4.69, 9.17) is 14.9 Å². The Labute approximate surface area is 114 Å². The van der Waals surface area contributed by atoms with Crippen LogP contribution in [0, 0.1) is 13.8 Å². The Morgan fingerprint density at radius 3 is 2.42 bits per heavy atom. The molecule has 1 aromatic carbocycles. The zero-order chi connectivity index (χ0) is 13.8. The van der Waals surface area contributed by atoms with Gasteiger partial charge in [-0.05, 0) is 55.7 Å². The summed E-state index contributed by atoms with van der Waals surface area (Å²) < 4.78 is 11.5. The number of hydrogen-bond donors (Lipinski definition) is 1. The van der Waals surface area contributed by atoms with Crippen LogP contribution in [0.15, 0.2) is 41.0 Å². The zero-order valence-electron chi connectivity index (χ0n) is 11.7. The van der Waals surface area contributed by atoms with Crippen molar-refractivity contribution in [1.29, 1.82) is 0 Å². The number of nitrogens with two attached hydrogens (primary N) is 1. The fourth-order valence-corrected chi connectivity index (χ4v) is 2.17. The normalized spacial score (nSPS) is 14.1. The molecule has 0 radical (unpaired) electrons. The second-order valence-corrected chi connectivity index (χ2v) is 4.95. The summed E-state index contributed by atoms with van der Waals surface area (Å²) in [7, 11) is 0. The van der Waals surface area contributed by atoms with Crippen LogP contribution in [0.2, 0.25) is 0 Å². The molecule has 0 saturated carbocycles. The van der Waals surface area contributed by atoms with Crippen LogP contribution in [0.25, 0.3) is 0 Å². The van der Waals surface area contributed by atoms with Crippen LogP contribution in [0.3, 0.4) is 0 Å². The van der Waals surface area contributed by atoms with Crippen LogP contribution in [-0.2, 0) is 0 Å². The molecular weight excluding hydrogens is 238 g/mol. The van der Waals surface area contributed by atoms with E-state index in [1.54, 1.807) is 6.26 Å². The third-order valence-corrected chi connectivity index (χ3v) is 3.14. The van der Waals surface area contributed by atoms with E-state index in [-0.39, 0.29) is 12.1 Å². The van der Waals surface area contributed by atoms with E-state index in [1.807, 2.05) is 31.2 Å². The van der Waals surface area contributed by atoms with E-state index in [9.17, 15) is 0 Å². The molecule has 3 nitrogen and oxygen atoms in total. The molecule has 0 aliphatic rings. The van der Waals surface area contributed by atoms with Gasteiger partial charge in [-0.15, -0.1) is 0 Å². The number of benzene rings is 1. The molecule has 1 heterocycles. The van der Waals surface area contributed by atoms with Gasteiger partial charge in [-0.3, -0.25) is 0 Å². The van der Waals surface area contributed by atoms with Gasteiger partial charge in [0.05, 0.1) is 6.26 Å². The number of furan rings is 1. The first-order chi connectivity index (χ1) is 9.10. The van der Waals surface area contributed by atoms with Crippen molar-refractivity contribution in [2.75, 3.05) is 0 Å². The predicted molar refractivity (Wildman–Crippen MR) is 76.3 cm³/mol. The molecule has 0 spiro atoms. The van der Waals surface area contributed by atoms with Gasteiger partial charge in [-0.25, -0.2) is 0 Å². The molecule has 0 aliphatic carbocycles. The molecular formula is C16H21NO2. The lowest BCUT2D eigenvalue weighted by Gasteiger charge is -2.23. The van der Waals surface area contributed by atoms with Crippen molar-refractivity contribution < 1.29 is 9.15 Å². The van der Waals surface area contributed by atoms with Gasteiger partial charge in [0, 0.05) is 6.04 Å². The van der Waals surface area contributed by atoms with Crippen LogP contribution < -0.4 is 10.5 Å². The fourth-order valence-electron chi connectivity index (χ4n) is 2.17. The Morgan fingerprint density at radius 1 is 1.21 bits per heavy atom. The molecule has 0 fully saturated rings. The molecule has 1 aromatic heterocycles. The third-order valence-electron chi connectivity index (χ3n) is 3.14. The van der Waals surface area contributed by atoms with Crippen LogP contribution in [0.5, 0.6) is 5.75 Å². The summed E-state index contributed by atoms with van der Waals surface area (Å²) in [4.78, 5) is 0. The molecule has 3 heteroatoms. The molecule has 0 aliphatic heterocycles. The van der Waals surface area contributed by atoms with Crippen molar-refractivity contribution in [3.05, 3.63) is 53.5 Å². The van der Waals surface area contributed by atoms with Gasteiger partial charge in [0.25, 0.3) is 0 Å². The Balaban J connectivity index is 2.25. The lowest BCUT2D eigenvalue weighted by atomic mass is 10.1. The molecule has 0 amide bonds. The minimum atomic E-state index is -0.249. The highest BCUT2D eigenvalue weighted by atomic mass is 16.5. The summed E-state index contributed by atoms with van der Waals surface area (Å²) >= 11 is 0. The van der Waals surface area contributed by atoms with E-state index in [0.29, 0.717) is 0 Å². The van der Waals surface area contributed by atoms with E-state index in [0.717, 1.165) is 17.9 Å². The van der Waals surface area contributed by atoms with Gasteiger partial charge in [-0.1, -0.05) is 13.0 Å². The minimum absolute atomic E-state index is 0.0908. The molecule has 2 unspecified atom stereocenters. The molecule has 2 aromatic rings. The monoisotopic (exact) mass is 259 g/mol. The van der Waals surface area contributed by atoms with Gasteiger partial charge in [-0.2, -0.15) is 0 Å². The molecule has 102 valence electrons. The Hall–Kier alpha value is -1.74. The van der Waals surface area contributed by atoms with Crippen molar-refractivity contribution in [2.45, 2.75) is 39.3 Å². The first kappa shape index (κ1) is 13.7. The van der Waals surface area contributed by atoms with Crippen molar-refractivity contribution in [3.8, 4) is 5.75 Å². The summed E-state index contributed by atoms with van der Waals surface area (Å²) in [5, 5.41) is 0. The van der Waals surface area contributed by atoms with Crippen molar-refractivity contribution in [2.24, 2.45) is 5.73 Å². The fraction of sp³-hybridized carbons (Fsp3) is 0.375. The number of aryl methyl sites for hydroxylation is 2. The number of rotatable bonds is 5. The third kappa shape index (κ3) is 3.38. The number of hydrogen-bond acceptors (Lipinski definition) is 3. The molecule has 2 N–H and O–H groups in total. The molecule has 0 saturated heterocycles. The minimum Gasteiger partial charge on any atom is -0.481 e. The first-order valence-corrected chi connectivity index (χ1v) is 6.64. The standard InChI is InChI=1S/C16H21NO2/c1-4-14(17)16(15-6-5-7-18-15)19-13-9-11(2)8-12(3)10-13/h5-10,14,16H,4,17H2,1-3H3. The first-order valence-electron chi connectivity index (χ1n) is 6.64. The second kappa shape index (κ2) is 5.93. The summed E-state index contributed by atoms with van der Waals surface area (Å²) in [6, 6.07) is 9.83. The quantitative estimate of drug-likeness (QED) is 0.889. The highest BCUT2D eigenvalue weighted by Gasteiger charge is 2.23. The summed E-state index contributed by atoms with van der Waals surface area (Å²) in [6.45, 7) is 6.16. The largest absolute Gasteiger partial charge is 0.481 e. The van der Waals surface area contributed by atoms with Gasteiger partial charge in [0.15, 0.2) is 6.10 Å². The Kier molecular flexibility index (Phi) is 4.27. The van der Waals surface area contributed by atoms with Crippen molar-refractivity contribution >= 4 is 0 Å².